The lowest BCUT2D eigenvalue weighted by molar-refractivity contribution is -0.239. The Balaban J connectivity index is 2.27. The number of nitrogens with zero attached hydrogens (tertiary/aromatic N) is 1. The molecule has 1 fully saturated rings. The molecule has 0 aromatic rings. The minimum Gasteiger partial charge on any atom is -0.353 e. The zero-order valence-electron chi connectivity index (χ0n) is 10.5. The SMILES string of the molecule is CCN(C[18F])CCOC1(OC)CCCCC1. The van der Waals surface area contributed by atoms with Gasteiger partial charge in [0, 0.05) is 26.5 Å². The van der Waals surface area contributed by atoms with Gasteiger partial charge < -0.3 is 9.47 Å². The van der Waals surface area contributed by atoms with E-state index in [0.29, 0.717) is 13.2 Å². The molecule has 0 spiro atoms. The van der Waals surface area contributed by atoms with Crippen LogP contribution in [0.4, 0.5) is 4.39 Å². The molecule has 0 aliphatic heterocycles. The fraction of sp³-hybridized carbons (Fsp3) is 1.00. The van der Waals surface area contributed by atoms with E-state index in [1.807, 2.05) is 6.92 Å². The average molecular weight is 232 g/mol. The number of hydrogen-bond donors (Lipinski definition) is 0. The third kappa shape index (κ3) is 4.00. The number of ether oxygens (including phenoxy) is 2. The fourth-order valence-corrected chi connectivity index (χ4v) is 2.16. The highest BCUT2D eigenvalue weighted by Gasteiger charge is 2.32. The van der Waals surface area contributed by atoms with Crippen molar-refractivity contribution in [1.29, 1.82) is 0 Å². The van der Waals surface area contributed by atoms with Crippen LogP contribution in [0.5, 0.6) is 0 Å². The maximum absolute atomic E-state index is 12.4. The summed E-state index contributed by atoms with van der Waals surface area (Å²) < 4.78 is 23.8. The van der Waals surface area contributed by atoms with Gasteiger partial charge in [0.25, 0.3) is 0 Å². The lowest BCUT2D eigenvalue weighted by Crippen LogP contribution is -2.39. The maximum Gasteiger partial charge on any atom is 0.167 e. The molecule has 0 radical (unpaired) electrons. The highest BCUT2D eigenvalue weighted by atomic mass is 18.2. The van der Waals surface area contributed by atoms with Crippen molar-refractivity contribution in [2.24, 2.45) is 0 Å². The molecule has 0 aromatic carbocycles. The molecule has 1 saturated carbocycles. The van der Waals surface area contributed by atoms with Gasteiger partial charge in [-0.05, 0) is 19.4 Å². The van der Waals surface area contributed by atoms with E-state index in [1.165, 1.54) is 6.42 Å². The first-order valence-corrected chi connectivity index (χ1v) is 6.24. The van der Waals surface area contributed by atoms with Gasteiger partial charge in [-0.3, -0.25) is 4.90 Å². The van der Waals surface area contributed by atoms with Crippen molar-refractivity contribution in [3.8, 4) is 0 Å². The molecule has 96 valence electrons. The predicted molar refractivity (Wildman–Crippen MR) is 62.0 cm³/mol. The van der Waals surface area contributed by atoms with Crippen molar-refractivity contribution < 1.29 is 13.9 Å². The molecule has 3 nitrogen and oxygen atoms in total. The third-order valence-corrected chi connectivity index (χ3v) is 3.38. The molecule has 1 rings (SSSR count). The molecular weight excluding hydrogens is 208 g/mol. The Morgan fingerprint density at radius 2 is 1.94 bits per heavy atom. The first-order chi connectivity index (χ1) is 7.76. The van der Waals surface area contributed by atoms with Crippen LogP contribution in [0.25, 0.3) is 0 Å². The Morgan fingerprint density at radius 1 is 1.25 bits per heavy atom. The Hall–Kier alpha value is -0.190. The lowest BCUT2D eigenvalue weighted by atomic mass is 9.94. The third-order valence-electron chi connectivity index (χ3n) is 3.38. The van der Waals surface area contributed by atoms with Gasteiger partial charge in [0.05, 0.1) is 6.61 Å². The standard InChI is InChI=1S/C12H24FNO2/c1-3-14(11-13)9-10-16-12(15-2)7-5-4-6-8-12/h3-11H2,1-2H3/i13-1. The second-order valence-electron chi connectivity index (χ2n) is 4.35. The minimum atomic E-state index is -0.403. The zero-order chi connectivity index (χ0) is 11.9. The summed E-state index contributed by atoms with van der Waals surface area (Å²) in [7, 11) is 1.71. The largest absolute Gasteiger partial charge is 0.353 e. The van der Waals surface area contributed by atoms with Gasteiger partial charge in [0.1, 0.15) is 6.80 Å². The number of methoxy groups -OCH3 is 1. The minimum absolute atomic E-state index is 0.395. The number of rotatable bonds is 7. The molecule has 0 heterocycles. The van der Waals surface area contributed by atoms with Crippen molar-refractivity contribution in [3.63, 3.8) is 0 Å². The quantitative estimate of drug-likeness (QED) is 0.497. The molecule has 1 aliphatic rings. The average Bonchev–Trinajstić information content (AvgIpc) is 2.36. The van der Waals surface area contributed by atoms with Crippen LogP contribution >= 0.6 is 0 Å². The lowest BCUT2D eigenvalue weighted by Gasteiger charge is -2.36. The molecule has 0 N–H and O–H groups in total. The topological polar surface area (TPSA) is 21.7 Å². The highest BCUT2D eigenvalue weighted by Crippen LogP contribution is 2.31. The van der Waals surface area contributed by atoms with E-state index in [4.69, 9.17) is 9.47 Å². The monoisotopic (exact) mass is 232 g/mol. The molecular formula is C12H24FNO2. The maximum atomic E-state index is 12.4. The molecule has 0 bridgehead atoms. The van der Waals surface area contributed by atoms with Gasteiger partial charge in [-0.2, -0.15) is 0 Å². The summed E-state index contributed by atoms with van der Waals surface area (Å²) in [5, 5.41) is 0. The van der Waals surface area contributed by atoms with Crippen LogP contribution < -0.4 is 0 Å². The first kappa shape index (κ1) is 13.9. The van der Waals surface area contributed by atoms with Crippen molar-refractivity contribution >= 4 is 0 Å². The Kier molecular flexibility index (Phi) is 6.24. The Labute approximate surface area is 97.9 Å². The van der Waals surface area contributed by atoms with Crippen molar-refractivity contribution in [3.05, 3.63) is 0 Å². The summed E-state index contributed by atoms with van der Waals surface area (Å²) in [4.78, 5) is 1.71. The van der Waals surface area contributed by atoms with Crippen LogP contribution in [0.1, 0.15) is 39.0 Å². The second kappa shape index (κ2) is 7.20. The van der Waals surface area contributed by atoms with Crippen molar-refractivity contribution in [2.75, 3.05) is 33.6 Å². The fourth-order valence-electron chi connectivity index (χ4n) is 2.16. The molecule has 4 heteroatoms. The van der Waals surface area contributed by atoms with Crippen LogP contribution in [-0.4, -0.2) is 44.3 Å². The summed E-state index contributed by atoms with van der Waals surface area (Å²) in [6.07, 6.45) is 5.51. The summed E-state index contributed by atoms with van der Waals surface area (Å²) >= 11 is 0. The molecule has 0 unspecified atom stereocenters. The molecule has 0 aromatic heterocycles. The van der Waals surface area contributed by atoms with E-state index in [-0.39, 0.29) is 0 Å². The van der Waals surface area contributed by atoms with Gasteiger partial charge in [-0.25, -0.2) is 4.39 Å². The van der Waals surface area contributed by atoms with E-state index in [2.05, 4.69) is 0 Å². The van der Waals surface area contributed by atoms with E-state index in [0.717, 1.165) is 32.2 Å². The molecule has 1 aliphatic carbocycles. The summed E-state index contributed by atoms with van der Waals surface area (Å²) in [6, 6.07) is 0. The van der Waals surface area contributed by atoms with Crippen LogP contribution in [0.3, 0.4) is 0 Å². The zero-order valence-corrected chi connectivity index (χ0v) is 10.5. The van der Waals surface area contributed by atoms with E-state index in [9.17, 15) is 4.39 Å². The Morgan fingerprint density at radius 3 is 2.44 bits per heavy atom. The molecule has 0 saturated heterocycles. The van der Waals surface area contributed by atoms with Gasteiger partial charge in [0.15, 0.2) is 5.79 Å². The summed E-state index contributed by atoms with van der Waals surface area (Å²) in [5.74, 6) is -0.395. The predicted octanol–water partition coefficient (Wildman–Crippen LogP) is 2.56. The first-order valence-electron chi connectivity index (χ1n) is 6.24. The highest BCUT2D eigenvalue weighted by molar-refractivity contribution is 4.75. The molecule has 16 heavy (non-hydrogen) atoms. The van der Waals surface area contributed by atoms with E-state index < -0.39 is 12.6 Å². The normalized spacial score (nSPS) is 20.2. The smallest absolute Gasteiger partial charge is 0.167 e. The van der Waals surface area contributed by atoms with Gasteiger partial charge in [-0.15, -0.1) is 0 Å². The van der Waals surface area contributed by atoms with Crippen molar-refractivity contribution in [1.82, 2.24) is 4.90 Å². The van der Waals surface area contributed by atoms with Crippen LogP contribution in [0.15, 0.2) is 0 Å². The van der Waals surface area contributed by atoms with Crippen molar-refractivity contribution in [2.45, 2.75) is 44.8 Å². The van der Waals surface area contributed by atoms with E-state index >= 15 is 0 Å². The van der Waals surface area contributed by atoms with Gasteiger partial charge in [0.2, 0.25) is 0 Å². The number of likely N-dealkylation sites (N-methyl/N-ethyl adjacent to an activating group) is 1. The number of alkyl halides is 1. The van der Waals surface area contributed by atoms with Gasteiger partial charge >= 0.3 is 0 Å². The number of halogens is 1. The summed E-state index contributed by atoms with van der Waals surface area (Å²) in [5.41, 5.74) is 0. The summed E-state index contributed by atoms with van der Waals surface area (Å²) in [6.45, 7) is 3.45. The number of hydrogen-bond acceptors (Lipinski definition) is 3. The van der Waals surface area contributed by atoms with Crippen LogP contribution in [0, 0.1) is 0 Å². The Bertz CT molecular complexity index is 180. The van der Waals surface area contributed by atoms with Crippen LogP contribution in [-0.2, 0) is 9.47 Å². The molecule has 0 atom stereocenters. The van der Waals surface area contributed by atoms with E-state index in [1.54, 1.807) is 12.0 Å². The molecule has 0 amide bonds. The van der Waals surface area contributed by atoms with Gasteiger partial charge in [-0.1, -0.05) is 13.3 Å². The van der Waals surface area contributed by atoms with Crippen LogP contribution in [0.2, 0.25) is 0 Å². The second-order valence-corrected chi connectivity index (χ2v) is 4.35.